The number of non-ortho nitro benzene ring substituents is 1. The van der Waals surface area contributed by atoms with Gasteiger partial charge in [-0.25, -0.2) is 0 Å². The van der Waals surface area contributed by atoms with Crippen molar-refractivity contribution < 1.29 is 19.2 Å². The predicted molar refractivity (Wildman–Crippen MR) is 141 cm³/mol. The number of hydrogen-bond donors (Lipinski definition) is 1. The molecule has 36 heavy (non-hydrogen) atoms. The minimum absolute atomic E-state index is 0.0115. The minimum Gasteiger partial charge on any atom is -0.490 e. The lowest BCUT2D eigenvalue weighted by Crippen LogP contribution is -2.13. The van der Waals surface area contributed by atoms with Crippen LogP contribution in [0.25, 0.3) is 6.08 Å². The molecule has 0 saturated heterocycles. The highest BCUT2D eigenvalue weighted by molar-refractivity contribution is 9.10. The highest BCUT2D eigenvalue weighted by Gasteiger charge is 2.16. The van der Waals surface area contributed by atoms with Crippen molar-refractivity contribution in [1.29, 1.82) is 5.26 Å². The van der Waals surface area contributed by atoms with E-state index >= 15 is 0 Å². The van der Waals surface area contributed by atoms with Gasteiger partial charge in [-0.2, -0.15) is 5.26 Å². The third-order valence-corrected chi connectivity index (χ3v) is 6.27. The van der Waals surface area contributed by atoms with Gasteiger partial charge in [-0.3, -0.25) is 14.9 Å². The Labute approximate surface area is 225 Å². The fourth-order valence-corrected chi connectivity index (χ4v) is 3.80. The summed E-state index contributed by atoms with van der Waals surface area (Å²) in [5.41, 5.74) is 1.33. The van der Waals surface area contributed by atoms with Crippen molar-refractivity contribution in [2.24, 2.45) is 0 Å². The normalized spacial score (nSPS) is 10.9. The Bertz CT molecular complexity index is 1370. The molecule has 0 aromatic heterocycles. The van der Waals surface area contributed by atoms with E-state index in [2.05, 4.69) is 21.2 Å². The smallest absolute Gasteiger partial charge is 0.269 e. The molecule has 0 spiro atoms. The number of nitro benzene ring substituents is 1. The molecule has 0 aliphatic carbocycles. The van der Waals surface area contributed by atoms with Gasteiger partial charge in [0.1, 0.15) is 18.2 Å². The molecule has 8 nitrogen and oxygen atoms in total. The number of carbonyl (C=O) groups is 1. The summed E-state index contributed by atoms with van der Waals surface area (Å²) >= 11 is 15.6. The monoisotopic (exact) mass is 589 g/mol. The SMILES string of the molecule is CCOc1cc(/C=C(/C#N)C(=O)Nc2cccc(Cl)c2Cl)c(Br)cc1OCc1ccc([N+](=O)[O-])cc1. The molecule has 0 radical (unpaired) electrons. The lowest BCUT2D eigenvalue weighted by Gasteiger charge is -2.14. The van der Waals surface area contributed by atoms with Crippen LogP contribution in [0.5, 0.6) is 11.5 Å². The quantitative estimate of drug-likeness (QED) is 0.122. The zero-order valence-corrected chi connectivity index (χ0v) is 21.9. The van der Waals surface area contributed by atoms with E-state index in [1.54, 1.807) is 49.4 Å². The number of ether oxygens (including phenoxy) is 2. The highest BCUT2D eigenvalue weighted by Crippen LogP contribution is 2.36. The average molecular weight is 591 g/mol. The van der Waals surface area contributed by atoms with Gasteiger partial charge in [-0.1, -0.05) is 45.2 Å². The molecule has 1 amide bonds. The molecule has 3 rings (SSSR count). The van der Waals surface area contributed by atoms with E-state index in [0.29, 0.717) is 28.1 Å². The van der Waals surface area contributed by atoms with Crippen LogP contribution in [0.4, 0.5) is 11.4 Å². The molecule has 0 saturated carbocycles. The Morgan fingerprint density at radius 1 is 1.17 bits per heavy atom. The Kier molecular flexibility index (Phi) is 9.31. The van der Waals surface area contributed by atoms with Crippen LogP contribution >= 0.6 is 39.1 Å². The summed E-state index contributed by atoms with van der Waals surface area (Å²) < 4.78 is 12.1. The molecular weight excluding hydrogens is 573 g/mol. The number of halogens is 3. The van der Waals surface area contributed by atoms with Crippen molar-refractivity contribution >= 4 is 62.5 Å². The Morgan fingerprint density at radius 2 is 1.86 bits per heavy atom. The molecular formula is C25H18BrCl2N3O5. The molecule has 3 aromatic rings. The van der Waals surface area contributed by atoms with Crippen LogP contribution in [0, 0.1) is 21.4 Å². The lowest BCUT2D eigenvalue weighted by molar-refractivity contribution is -0.384. The van der Waals surface area contributed by atoms with Crippen molar-refractivity contribution in [1.82, 2.24) is 0 Å². The fraction of sp³-hybridized carbons (Fsp3) is 0.120. The van der Waals surface area contributed by atoms with Crippen molar-refractivity contribution in [3.05, 3.63) is 95.9 Å². The first kappa shape index (κ1) is 27.0. The number of amides is 1. The number of rotatable bonds is 9. The largest absolute Gasteiger partial charge is 0.490 e. The van der Waals surface area contributed by atoms with Gasteiger partial charge in [-0.15, -0.1) is 0 Å². The first-order chi connectivity index (χ1) is 17.2. The molecule has 1 N–H and O–H groups in total. The maximum absolute atomic E-state index is 12.7. The maximum atomic E-state index is 12.7. The number of anilines is 1. The molecule has 0 aliphatic heterocycles. The van der Waals surface area contributed by atoms with E-state index in [4.69, 9.17) is 32.7 Å². The number of nitrogens with one attached hydrogen (secondary N) is 1. The zero-order chi connectivity index (χ0) is 26.2. The Balaban J connectivity index is 1.84. The molecule has 3 aromatic carbocycles. The summed E-state index contributed by atoms with van der Waals surface area (Å²) in [7, 11) is 0. The summed E-state index contributed by atoms with van der Waals surface area (Å²) in [6.07, 6.45) is 1.40. The van der Waals surface area contributed by atoms with Crippen LogP contribution in [0.1, 0.15) is 18.1 Å². The fourth-order valence-electron chi connectivity index (χ4n) is 3.01. The number of nitrogens with zero attached hydrogens (tertiary/aromatic N) is 2. The van der Waals surface area contributed by atoms with Crippen molar-refractivity contribution in [2.45, 2.75) is 13.5 Å². The molecule has 0 heterocycles. The molecule has 0 bridgehead atoms. The summed E-state index contributed by atoms with van der Waals surface area (Å²) in [6, 6.07) is 16.0. The number of benzene rings is 3. The van der Waals surface area contributed by atoms with E-state index in [9.17, 15) is 20.2 Å². The van der Waals surface area contributed by atoms with Gasteiger partial charge in [0.15, 0.2) is 11.5 Å². The number of carbonyl (C=O) groups excluding carboxylic acids is 1. The topological polar surface area (TPSA) is 114 Å². The average Bonchev–Trinajstić information content (AvgIpc) is 2.86. The first-order valence-corrected chi connectivity index (χ1v) is 12.0. The lowest BCUT2D eigenvalue weighted by atomic mass is 10.1. The third kappa shape index (κ3) is 6.76. The minimum atomic E-state index is -0.662. The van der Waals surface area contributed by atoms with E-state index in [0.717, 1.165) is 5.56 Å². The number of nitro groups is 1. The Hall–Kier alpha value is -3.58. The number of hydrogen-bond acceptors (Lipinski definition) is 6. The molecule has 0 aliphatic rings. The first-order valence-electron chi connectivity index (χ1n) is 10.4. The zero-order valence-electron chi connectivity index (χ0n) is 18.8. The van der Waals surface area contributed by atoms with Gasteiger partial charge >= 0.3 is 0 Å². The second kappa shape index (κ2) is 12.4. The second-order valence-corrected chi connectivity index (χ2v) is 8.83. The van der Waals surface area contributed by atoms with Crippen LogP contribution in [0.15, 0.2) is 64.6 Å². The van der Waals surface area contributed by atoms with E-state index in [-0.39, 0.29) is 33.6 Å². The second-order valence-electron chi connectivity index (χ2n) is 7.19. The third-order valence-electron chi connectivity index (χ3n) is 4.77. The predicted octanol–water partition coefficient (Wildman–Crippen LogP) is 7.19. The highest BCUT2D eigenvalue weighted by atomic mass is 79.9. The van der Waals surface area contributed by atoms with Crippen LogP contribution in [-0.4, -0.2) is 17.4 Å². The van der Waals surface area contributed by atoms with E-state index < -0.39 is 10.8 Å². The summed E-state index contributed by atoms with van der Waals surface area (Å²) in [5.74, 6) is 0.141. The molecule has 0 unspecified atom stereocenters. The van der Waals surface area contributed by atoms with Gasteiger partial charge in [0.2, 0.25) is 0 Å². The molecule has 184 valence electrons. The van der Waals surface area contributed by atoms with Gasteiger partial charge in [-0.05, 0) is 60.5 Å². The summed E-state index contributed by atoms with van der Waals surface area (Å²) in [4.78, 5) is 23.1. The molecule has 0 fully saturated rings. The number of nitriles is 1. The van der Waals surface area contributed by atoms with Gasteiger partial charge in [0.05, 0.1) is 27.3 Å². The van der Waals surface area contributed by atoms with Crippen LogP contribution in [0.3, 0.4) is 0 Å². The van der Waals surface area contributed by atoms with Crippen molar-refractivity contribution in [3.63, 3.8) is 0 Å². The standard InChI is InChI=1S/C25H18BrCl2N3O5/c1-2-35-22-11-16(10-17(13-29)25(32)30-21-5-3-4-20(27)24(21)28)19(26)12-23(22)36-14-15-6-8-18(9-7-15)31(33)34/h3-12H,2,14H2,1H3,(H,30,32)/b17-10-. The van der Waals surface area contributed by atoms with Crippen molar-refractivity contribution in [2.75, 3.05) is 11.9 Å². The van der Waals surface area contributed by atoms with Crippen LogP contribution in [-0.2, 0) is 11.4 Å². The van der Waals surface area contributed by atoms with Gasteiger partial charge < -0.3 is 14.8 Å². The van der Waals surface area contributed by atoms with Crippen LogP contribution in [0.2, 0.25) is 10.0 Å². The molecule has 0 atom stereocenters. The van der Waals surface area contributed by atoms with Gasteiger partial charge in [0.25, 0.3) is 11.6 Å². The van der Waals surface area contributed by atoms with Crippen molar-refractivity contribution in [3.8, 4) is 17.6 Å². The van der Waals surface area contributed by atoms with E-state index in [1.807, 2.05) is 6.07 Å². The summed E-state index contributed by atoms with van der Waals surface area (Å²) in [5, 5.41) is 23.4. The summed E-state index contributed by atoms with van der Waals surface area (Å²) in [6.45, 7) is 2.30. The van der Waals surface area contributed by atoms with Gasteiger partial charge in [0, 0.05) is 16.6 Å². The molecule has 11 heteroatoms. The maximum Gasteiger partial charge on any atom is 0.269 e. The Morgan fingerprint density at radius 3 is 2.50 bits per heavy atom. The van der Waals surface area contributed by atoms with E-state index in [1.165, 1.54) is 18.2 Å². The van der Waals surface area contributed by atoms with Crippen LogP contribution < -0.4 is 14.8 Å².